The maximum absolute atomic E-state index is 13.1. The lowest BCUT2D eigenvalue weighted by molar-refractivity contribution is 0.628. The molecule has 84 valence electrons. The zero-order chi connectivity index (χ0) is 11.5. The molecule has 0 spiro atoms. The maximum atomic E-state index is 13.1. The van der Waals surface area contributed by atoms with Gasteiger partial charge in [-0.15, -0.1) is 0 Å². The van der Waals surface area contributed by atoms with Crippen molar-refractivity contribution in [1.82, 2.24) is 0 Å². The monoisotopic (exact) mass is 255 g/mol. The molecule has 1 aromatic carbocycles. The predicted octanol–water partition coefficient (Wildman–Crippen LogP) is 4.71. The Hall–Kier alpha value is -1.06. The van der Waals surface area contributed by atoms with Crippen LogP contribution >= 0.6 is 22.9 Å². The number of rotatable bonds is 3. The largest absolute Gasteiger partial charge is 0.378 e. The van der Waals surface area contributed by atoms with E-state index in [1.165, 1.54) is 17.7 Å². The summed E-state index contributed by atoms with van der Waals surface area (Å²) in [6.07, 6.45) is 0. The molecular formula is C12H11ClFNS. The minimum absolute atomic E-state index is 0.143. The molecule has 1 nitrogen and oxygen atoms in total. The predicted molar refractivity (Wildman–Crippen MR) is 67.8 cm³/mol. The van der Waals surface area contributed by atoms with Gasteiger partial charge in [0.2, 0.25) is 0 Å². The third kappa shape index (κ3) is 2.74. The lowest BCUT2D eigenvalue weighted by atomic mass is 10.1. The third-order valence-corrected chi connectivity index (χ3v) is 3.21. The highest BCUT2D eigenvalue weighted by Crippen LogP contribution is 2.24. The average Bonchev–Trinajstić information content (AvgIpc) is 2.68. The van der Waals surface area contributed by atoms with Gasteiger partial charge in [-0.1, -0.05) is 11.6 Å². The van der Waals surface area contributed by atoms with E-state index < -0.39 is 0 Å². The maximum Gasteiger partial charge on any atom is 0.126 e. The standard InChI is InChI=1S/C12H11ClFNS/c1-8(9-2-3-16-7-9)15-12-5-10(13)4-11(14)6-12/h2-8,15H,1H3. The van der Waals surface area contributed by atoms with Gasteiger partial charge in [-0.05, 0) is 47.5 Å². The van der Waals surface area contributed by atoms with Crippen LogP contribution in [0.4, 0.5) is 10.1 Å². The molecule has 0 saturated heterocycles. The Labute approximate surface area is 103 Å². The second-order valence-corrected chi connectivity index (χ2v) is 4.80. The first kappa shape index (κ1) is 11.4. The molecule has 16 heavy (non-hydrogen) atoms. The second kappa shape index (κ2) is 4.85. The van der Waals surface area contributed by atoms with Gasteiger partial charge < -0.3 is 5.32 Å². The summed E-state index contributed by atoms with van der Waals surface area (Å²) in [5.41, 5.74) is 1.88. The Kier molecular flexibility index (Phi) is 3.46. The van der Waals surface area contributed by atoms with Crippen molar-refractivity contribution in [3.63, 3.8) is 0 Å². The van der Waals surface area contributed by atoms with Gasteiger partial charge in [-0.3, -0.25) is 0 Å². The van der Waals surface area contributed by atoms with E-state index in [9.17, 15) is 4.39 Å². The van der Waals surface area contributed by atoms with E-state index in [-0.39, 0.29) is 11.9 Å². The molecule has 1 unspecified atom stereocenters. The van der Waals surface area contributed by atoms with Gasteiger partial charge in [0, 0.05) is 16.8 Å². The Morgan fingerprint density at radius 3 is 2.81 bits per heavy atom. The molecule has 0 aliphatic carbocycles. The first-order chi connectivity index (χ1) is 7.65. The van der Waals surface area contributed by atoms with E-state index in [0.717, 1.165) is 0 Å². The minimum Gasteiger partial charge on any atom is -0.378 e. The normalized spacial score (nSPS) is 12.4. The molecule has 0 amide bonds. The van der Waals surface area contributed by atoms with Crippen LogP contribution in [0.2, 0.25) is 5.02 Å². The topological polar surface area (TPSA) is 12.0 Å². The third-order valence-electron chi connectivity index (χ3n) is 2.29. The Balaban J connectivity index is 2.15. The lowest BCUT2D eigenvalue weighted by Gasteiger charge is -2.14. The Morgan fingerprint density at radius 2 is 2.19 bits per heavy atom. The highest BCUT2D eigenvalue weighted by Gasteiger charge is 2.06. The van der Waals surface area contributed by atoms with Crippen LogP contribution in [0.25, 0.3) is 0 Å². The highest BCUT2D eigenvalue weighted by atomic mass is 35.5. The summed E-state index contributed by atoms with van der Waals surface area (Å²) in [5.74, 6) is -0.326. The molecule has 0 bridgehead atoms. The molecule has 4 heteroatoms. The van der Waals surface area contributed by atoms with Crippen molar-refractivity contribution in [1.29, 1.82) is 0 Å². The number of benzene rings is 1. The van der Waals surface area contributed by atoms with Crippen LogP contribution < -0.4 is 5.32 Å². The van der Waals surface area contributed by atoms with Crippen LogP contribution in [-0.2, 0) is 0 Å². The lowest BCUT2D eigenvalue weighted by Crippen LogP contribution is -2.05. The van der Waals surface area contributed by atoms with Gasteiger partial charge in [0.05, 0.1) is 0 Å². The van der Waals surface area contributed by atoms with Crippen molar-refractivity contribution in [2.75, 3.05) is 5.32 Å². The molecule has 0 saturated carbocycles. The first-order valence-electron chi connectivity index (χ1n) is 4.90. The molecule has 1 aromatic heterocycles. The summed E-state index contributed by atoms with van der Waals surface area (Å²) in [5, 5.41) is 7.70. The van der Waals surface area contributed by atoms with Gasteiger partial charge in [-0.25, -0.2) is 4.39 Å². The number of thiophene rings is 1. The highest BCUT2D eigenvalue weighted by molar-refractivity contribution is 7.07. The fourth-order valence-corrected chi connectivity index (χ4v) is 2.47. The molecule has 1 atom stereocenters. The van der Waals surface area contributed by atoms with Gasteiger partial charge in [-0.2, -0.15) is 11.3 Å². The number of hydrogen-bond donors (Lipinski definition) is 1. The summed E-state index contributed by atoms with van der Waals surface area (Å²) in [7, 11) is 0. The molecule has 0 fully saturated rings. The van der Waals surface area contributed by atoms with Crippen molar-refractivity contribution in [2.45, 2.75) is 13.0 Å². The van der Waals surface area contributed by atoms with Gasteiger partial charge in [0.1, 0.15) is 5.82 Å². The van der Waals surface area contributed by atoms with Crippen molar-refractivity contribution in [2.24, 2.45) is 0 Å². The number of anilines is 1. The summed E-state index contributed by atoms with van der Waals surface area (Å²) in [4.78, 5) is 0. The fourth-order valence-electron chi connectivity index (χ4n) is 1.49. The van der Waals surface area contributed by atoms with Gasteiger partial charge in [0.25, 0.3) is 0 Å². The quantitative estimate of drug-likeness (QED) is 0.837. The number of hydrogen-bond acceptors (Lipinski definition) is 2. The van der Waals surface area contributed by atoms with E-state index in [2.05, 4.69) is 10.7 Å². The summed E-state index contributed by atoms with van der Waals surface area (Å²) >= 11 is 7.43. The van der Waals surface area contributed by atoms with Gasteiger partial charge >= 0.3 is 0 Å². The summed E-state index contributed by atoms with van der Waals surface area (Å²) in [6, 6.07) is 6.64. The first-order valence-corrected chi connectivity index (χ1v) is 6.22. The Bertz CT molecular complexity index is 450. The summed E-state index contributed by atoms with van der Waals surface area (Å²) < 4.78 is 13.1. The molecule has 0 aliphatic rings. The van der Waals surface area contributed by atoms with Crippen LogP contribution in [0, 0.1) is 5.82 Å². The van der Waals surface area contributed by atoms with E-state index >= 15 is 0 Å². The average molecular weight is 256 g/mol. The van der Waals surface area contributed by atoms with E-state index in [0.29, 0.717) is 10.7 Å². The molecule has 1 heterocycles. The van der Waals surface area contributed by atoms with Crippen LogP contribution in [-0.4, -0.2) is 0 Å². The minimum atomic E-state index is -0.326. The van der Waals surface area contributed by atoms with Crippen molar-refractivity contribution in [3.8, 4) is 0 Å². The van der Waals surface area contributed by atoms with E-state index in [1.54, 1.807) is 17.4 Å². The SMILES string of the molecule is CC(Nc1cc(F)cc(Cl)c1)c1ccsc1. The number of halogens is 2. The van der Waals surface area contributed by atoms with Crippen LogP contribution in [0.1, 0.15) is 18.5 Å². The van der Waals surface area contributed by atoms with E-state index in [4.69, 9.17) is 11.6 Å². The molecule has 2 rings (SSSR count). The summed E-state index contributed by atoms with van der Waals surface area (Å²) in [6.45, 7) is 2.03. The zero-order valence-electron chi connectivity index (χ0n) is 8.71. The molecule has 0 aliphatic heterocycles. The molecular weight excluding hydrogens is 245 g/mol. The van der Waals surface area contributed by atoms with Crippen LogP contribution in [0.15, 0.2) is 35.0 Å². The van der Waals surface area contributed by atoms with Gasteiger partial charge in [0.15, 0.2) is 0 Å². The fraction of sp³-hybridized carbons (Fsp3) is 0.167. The zero-order valence-corrected chi connectivity index (χ0v) is 10.3. The van der Waals surface area contributed by atoms with Crippen LogP contribution in [0.5, 0.6) is 0 Å². The van der Waals surface area contributed by atoms with Crippen molar-refractivity contribution in [3.05, 3.63) is 51.4 Å². The second-order valence-electron chi connectivity index (χ2n) is 3.58. The number of nitrogens with one attached hydrogen (secondary N) is 1. The van der Waals surface area contributed by atoms with Crippen molar-refractivity contribution >= 4 is 28.6 Å². The van der Waals surface area contributed by atoms with Crippen LogP contribution in [0.3, 0.4) is 0 Å². The van der Waals surface area contributed by atoms with Crippen molar-refractivity contribution < 1.29 is 4.39 Å². The smallest absolute Gasteiger partial charge is 0.126 e. The van der Waals surface area contributed by atoms with E-state index in [1.807, 2.05) is 18.4 Å². The molecule has 0 radical (unpaired) electrons. The Morgan fingerprint density at radius 1 is 1.38 bits per heavy atom. The molecule has 2 aromatic rings. The molecule has 1 N–H and O–H groups in total.